The highest BCUT2D eigenvalue weighted by molar-refractivity contribution is 6.11. The number of ketones is 1. The van der Waals surface area contributed by atoms with Crippen molar-refractivity contribution in [1.82, 2.24) is 0 Å². The molecule has 0 radical (unpaired) electrons. The summed E-state index contributed by atoms with van der Waals surface area (Å²) >= 11 is 0. The minimum atomic E-state index is -1.71. The van der Waals surface area contributed by atoms with Crippen molar-refractivity contribution >= 4 is 29.0 Å². The van der Waals surface area contributed by atoms with E-state index in [1.807, 2.05) is 58.9 Å². The van der Waals surface area contributed by atoms with Gasteiger partial charge in [-0.2, -0.15) is 0 Å². The van der Waals surface area contributed by atoms with Crippen molar-refractivity contribution in [3.63, 3.8) is 0 Å². The van der Waals surface area contributed by atoms with Crippen LogP contribution in [0.5, 0.6) is 5.75 Å². The first-order chi connectivity index (χ1) is 19.0. The predicted molar refractivity (Wildman–Crippen MR) is 157 cm³/mol. The van der Waals surface area contributed by atoms with Crippen LogP contribution in [0.2, 0.25) is 0 Å². The SMILES string of the molecule is CCOc1ccccc1C1C(C(=O)Nc2cccc(C)c2C)C(=O)CC(C)(O)C1C(=O)Nc1cccc(C)c1C. The molecule has 4 atom stereocenters. The molecule has 0 spiro atoms. The number of aryl methyl sites for hydroxylation is 2. The molecular weight excluding hydrogens is 504 g/mol. The fourth-order valence-corrected chi connectivity index (χ4v) is 5.70. The van der Waals surface area contributed by atoms with Crippen LogP contribution < -0.4 is 15.4 Å². The van der Waals surface area contributed by atoms with E-state index in [4.69, 9.17) is 4.74 Å². The quantitative estimate of drug-likeness (QED) is 0.336. The number of ether oxygens (including phenoxy) is 1. The number of carbonyl (C=O) groups excluding carboxylic acids is 3. The summed E-state index contributed by atoms with van der Waals surface area (Å²) in [6.45, 7) is 11.4. The lowest BCUT2D eigenvalue weighted by atomic mass is 9.61. The van der Waals surface area contributed by atoms with Crippen LogP contribution in [0.15, 0.2) is 60.7 Å². The van der Waals surface area contributed by atoms with Gasteiger partial charge in [-0.3, -0.25) is 14.4 Å². The number of anilines is 2. The zero-order chi connectivity index (χ0) is 29.2. The summed E-state index contributed by atoms with van der Waals surface area (Å²) < 4.78 is 5.90. The molecule has 7 heteroatoms. The van der Waals surface area contributed by atoms with E-state index in [0.717, 1.165) is 22.3 Å². The largest absolute Gasteiger partial charge is 0.494 e. The average molecular weight is 543 g/mol. The van der Waals surface area contributed by atoms with Crippen LogP contribution in [-0.4, -0.2) is 34.9 Å². The van der Waals surface area contributed by atoms with E-state index < -0.39 is 41.0 Å². The lowest BCUT2D eigenvalue weighted by Gasteiger charge is -2.44. The Balaban J connectivity index is 1.84. The second-order valence-electron chi connectivity index (χ2n) is 10.9. The number of carbonyl (C=O) groups is 3. The van der Waals surface area contributed by atoms with E-state index in [0.29, 0.717) is 29.3 Å². The summed E-state index contributed by atoms with van der Waals surface area (Å²) in [6.07, 6.45) is -0.337. The molecule has 40 heavy (non-hydrogen) atoms. The van der Waals surface area contributed by atoms with Crippen molar-refractivity contribution in [1.29, 1.82) is 0 Å². The Morgan fingerprint density at radius 3 is 2.00 bits per heavy atom. The van der Waals surface area contributed by atoms with Gasteiger partial charge in [0, 0.05) is 23.7 Å². The molecule has 3 aromatic rings. The fraction of sp³-hybridized carbons (Fsp3) is 0.364. The second kappa shape index (κ2) is 11.6. The third kappa shape index (κ3) is 5.65. The van der Waals surface area contributed by atoms with Crippen LogP contribution in [0.4, 0.5) is 11.4 Å². The average Bonchev–Trinajstić information content (AvgIpc) is 2.89. The molecular formula is C33H38N2O5. The van der Waals surface area contributed by atoms with Gasteiger partial charge in [0.05, 0.1) is 18.1 Å². The van der Waals surface area contributed by atoms with Gasteiger partial charge >= 0.3 is 0 Å². The number of para-hydroxylation sites is 1. The summed E-state index contributed by atoms with van der Waals surface area (Å²) in [5.74, 6) is -4.28. The molecule has 4 unspecified atom stereocenters. The Labute approximate surface area is 236 Å². The highest BCUT2D eigenvalue weighted by Gasteiger charge is 2.56. The van der Waals surface area contributed by atoms with Crippen LogP contribution in [0.1, 0.15) is 54.0 Å². The molecule has 0 aromatic heterocycles. The van der Waals surface area contributed by atoms with Crippen molar-refractivity contribution in [3.8, 4) is 5.75 Å². The van der Waals surface area contributed by atoms with Gasteiger partial charge in [0.25, 0.3) is 0 Å². The minimum Gasteiger partial charge on any atom is -0.494 e. The normalized spacial score (nSPS) is 22.5. The number of Topliss-reactive ketones (excluding diaryl/α,β-unsaturated/α-hetero) is 1. The summed E-state index contributed by atoms with van der Waals surface area (Å²) in [7, 11) is 0. The molecule has 1 saturated carbocycles. The first kappa shape index (κ1) is 29.0. The third-order valence-corrected chi connectivity index (χ3v) is 8.14. The highest BCUT2D eigenvalue weighted by atomic mass is 16.5. The monoisotopic (exact) mass is 542 g/mol. The number of nitrogens with one attached hydrogen (secondary N) is 2. The van der Waals surface area contributed by atoms with E-state index in [1.165, 1.54) is 6.92 Å². The van der Waals surface area contributed by atoms with Crippen LogP contribution in [0.3, 0.4) is 0 Å². The summed E-state index contributed by atoms with van der Waals surface area (Å²) in [4.78, 5) is 41.7. The Morgan fingerprint density at radius 1 is 0.875 bits per heavy atom. The maximum Gasteiger partial charge on any atom is 0.235 e. The zero-order valence-electron chi connectivity index (χ0n) is 24.0. The topological polar surface area (TPSA) is 105 Å². The van der Waals surface area contributed by atoms with Crippen molar-refractivity contribution in [2.75, 3.05) is 17.2 Å². The number of rotatable bonds is 7. The molecule has 3 aromatic carbocycles. The van der Waals surface area contributed by atoms with Crippen LogP contribution in [-0.2, 0) is 14.4 Å². The smallest absolute Gasteiger partial charge is 0.235 e. The molecule has 0 bridgehead atoms. The van der Waals surface area contributed by atoms with Gasteiger partial charge in [-0.1, -0.05) is 42.5 Å². The predicted octanol–water partition coefficient (Wildman–Crippen LogP) is 5.64. The molecule has 2 amide bonds. The Bertz CT molecular complexity index is 1440. The molecule has 0 aliphatic heterocycles. The van der Waals surface area contributed by atoms with Crippen molar-refractivity contribution in [2.45, 2.75) is 59.5 Å². The van der Waals surface area contributed by atoms with E-state index in [-0.39, 0.29) is 6.42 Å². The number of hydrogen-bond acceptors (Lipinski definition) is 5. The molecule has 0 saturated heterocycles. The molecule has 0 heterocycles. The van der Waals surface area contributed by atoms with Crippen molar-refractivity contribution < 1.29 is 24.2 Å². The molecule has 1 fully saturated rings. The number of hydrogen-bond donors (Lipinski definition) is 3. The maximum absolute atomic E-state index is 14.1. The Morgan fingerprint density at radius 2 is 1.43 bits per heavy atom. The third-order valence-electron chi connectivity index (χ3n) is 8.14. The number of benzene rings is 3. The standard InChI is InChI=1S/C33H38N2O5/c1-7-40-27-17-9-8-14-23(27)28-29(31(37)34-24-15-10-12-19(2)21(24)4)26(36)18-33(6,39)30(28)32(38)35-25-16-11-13-20(3)22(25)5/h8-17,28-30,39H,7,18H2,1-6H3,(H,34,37)(H,35,38). The lowest BCUT2D eigenvalue weighted by Crippen LogP contribution is -2.56. The summed E-state index contributed by atoms with van der Waals surface area (Å²) in [5, 5.41) is 17.6. The van der Waals surface area contributed by atoms with Crippen molar-refractivity contribution in [2.24, 2.45) is 11.8 Å². The van der Waals surface area contributed by atoms with E-state index in [1.54, 1.807) is 36.4 Å². The van der Waals surface area contributed by atoms with Gasteiger partial charge in [-0.25, -0.2) is 0 Å². The summed E-state index contributed by atoms with van der Waals surface area (Å²) in [6, 6.07) is 18.3. The first-order valence-electron chi connectivity index (χ1n) is 13.7. The zero-order valence-corrected chi connectivity index (χ0v) is 24.0. The van der Waals surface area contributed by atoms with Gasteiger partial charge in [-0.05, 0) is 87.6 Å². The van der Waals surface area contributed by atoms with Crippen LogP contribution >= 0.6 is 0 Å². The second-order valence-corrected chi connectivity index (χ2v) is 10.9. The molecule has 1 aliphatic carbocycles. The van der Waals surface area contributed by atoms with E-state index >= 15 is 0 Å². The Kier molecular flexibility index (Phi) is 8.45. The van der Waals surface area contributed by atoms with E-state index in [2.05, 4.69) is 10.6 Å². The Hall–Kier alpha value is -3.97. The fourth-order valence-electron chi connectivity index (χ4n) is 5.70. The molecule has 3 N–H and O–H groups in total. The van der Waals surface area contributed by atoms with Crippen LogP contribution in [0.25, 0.3) is 0 Å². The lowest BCUT2D eigenvalue weighted by molar-refractivity contribution is -0.150. The van der Waals surface area contributed by atoms with Gasteiger partial charge in [0.15, 0.2) is 0 Å². The van der Waals surface area contributed by atoms with Gasteiger partial charge in [-0.15, -0.1) is 0 Å². The molecule has 1 aliphatic rings. The molecule has 4 rings (SSSR count). The highest BCUT2D eigenvalue weighted by Crippen LogP contribution is 2.49. The van der Waals surface area contributed by atoms with Crippen molar-refractivity contribution in [3.05, 3.63) is 88.5 Å². The first-order valence-corrected chi connectivity index (χ1v) is 13.7. The molecule has 210 valence electrons. The van der Waals surface area contributed by atoms with Gasteiger partial charge < -0.3 is 20.5 Å². The maximum atomic E-state index is 14.1. The minimum absolute atomic E-state index is 0.337. The van der Waals surface area contributed by atoms with Gasteiger partial charge in [0.1, 0.15) is 17.5 Å². The van der Waals surface area contributed by atoms with Crippen LogP contribution in [0, 0.1) is 39.5 Å². The van der Waals surface area contributed by atoms with E-state index in [9.17, 15) is 19.5 Å². The summed E-state index contributed by atoms with van der Waals surface area (Å²) in [5.41, 5.74) is 3.83. The number of aliphatic hydroxyl groups is 1. The number of amides is 2. The molecule has 7 nitrogen and oxygen atoms in total. The van der Waals surface area contributed by atoms with Gasteiger partial charge in [0.2, 0.25) is 11.8 Å².